The maximum atomic E-state index is 9.10. The van der Waals surface area contributed by atoms with Crippen LogP contribution in [0.5, 0.6) is 0 Å². The zero-order valence-corrected chi connectivity index (χ0v) is 13.6. The summed E-state index contributed by atoms with van der Waals surface area (Å²) in [7, 11) is 0. The number of nitrogens with zero attached hydrogens (tertiary/aromatic N) is 1. The Hall–Kier alpha value is -1.19. The van der Waals surface area contributed by atoms with E-state index in [2.05, 4.69) is 30.1 Å². The normalized spacial score (nSPS) is 12.5. The van der Waals surface area contributed by atoms with Crippen LogP contribution in [0.15, 0.2) is 36.7 Å². The second-order valence-corrected chi connectivity index (χ2v) is 7.03. The van der Waals surface area contributed by atoms with Crippen LogP contribution < -0.4 is 0 Å². The summed E-state index contributed by atoms with van der Waals surface area (Å²) >= 11 is 1.91. The SMILES string of the molecule is C[C@H](CO)Cc1ccc(CCCCCc2cccnc2)s1. The highest BCUT2D eigenvalue weighted by Crippen LogP contribution is 2.21. The minimum atomic E-state index is 0.279. The van der Waals surface area contributed by atoms with Gasteiger partial charge >= 0.3 is 0 Å². The third-order valence-corrected chi connectivity index (χ3v) is 4.86. The summed E-state index contributed by atoms with van der Waals surface area (Å²) in [5.41, 5.74) is 1.34. The highest BCUT2D eigenvalue weighted by atomic mass is 32.1. The van der Waals surface area contributed by atoms with Gasteiger partial charge < -0.3 is 5.11 Å². The number of thiophene rings is 1. The molecule has 0 fully saturated rings. The summed E-state index contributed by atoms with van der Waals surface area (Å²) in [6.07, 6.45) is 10.9. The second kappa shape index (κ2) is 8.96. The quantitative estimate of drug-likeness (QED) is 0.702. The molecule has 1 atom stereocenters. The van der Waals surface area contributed by atoms with E-state index in [1.54, 1.807) is 0 Å². The van der Waals surface area contributed by atoms with E-state index in [1.165, 1.54) is 41.0 Å². The van der Waals surface area contributed by atoms with Gasteiger partial charge in [-0.3, -0.25) is 4.98 Å². The summed E-state index contributed by atoms with van der Waals surface area (Å²) in [5, 5.41) is 9.10. The van der Waals surface area contributed by atoms with Gasteiger partial charge in [0, 0.05) is 28.8 Å². The standard InChI is InChI=1S/C18H25NOS/c1-15(14-20)12-18-10-9-17(21-18)8-4-2-3-6-16-7-5-11-19-13-16/h5,7,9-11,13,15,20H,2-4,6,8,12,14H2,1H3/t15-/m0/s1. The number of aliphatic hydroxyl groups excluding tert-OH is 1. The number of aliphatic hydroxyl groups is 1. The number of hydrogen-bond donors (Lipinski definition) is 1. The maximum Gasteiger partial charge on any atom is 0.0460 e. The molecule has 0 radical (unpaired) electrons. The molecule has 0 aliphatic carbocycles. The first kappa shape index (κ1) is 16.2. The molecule has 0 unspecified atom stereocenters. The van der Waals surface area contributed by atoms with Crippen LogP contribution in [0.1, 0.15) is 41.5 Å². The van der Waals surface area contributed by atoms with Crippen molar-refractivity contribution in [3.63, 3.8) is 0 Å². The van der Waals surface area contributed by atoms with Gasteiger partial charge in [0.1, 0.15) is 0 Å². The average Bonchev–Trinajstić information content (AvgIpc) is 2.95. The molecule has 21 heavy (non-hydrogen) atoms. The van der Waals surface area contributed by atoms with E-state index in [4.69, 9.17) is 5.11 Å². The van der Waals surface area contributed by atoms with Gasteiger partial charge in [-0.2, -0.15) is 0 Å². The predicted octanol–water partition coefficient (Wildman–Crippen LogP) is 4.27. The van der Waals surface area contributed by atoms with Gasteiger partial charge in [0.05, 0.1) is 0 Å². The van der Waals surface area contributed by atoms with E-state index in [-0.39, 0.29) is 6.61 Å². The zero-order valence-electron chi connectivity index (χ0n) is 12.8. The molecule has 0 aliphatic heterocycles. The zero-order chi connectivity index (χ0) is 14.9. The van der Waals surface area contributed by atoms with Gasteiger partial charge in [-0.1, -0.05) is 19.4 Å². The Morgan fingerprint density at radius 2 is 1.90 bits per heavy atom. The number of aryl methyl sites for hydroxylation is 2. The average molecular weight is 303 g/mol. The second-order valence-electron chi connectivity index (χ2n) is 5.78. The van der Waals surface area contributed by atoms with Crippen molar-refractivity contribution in [2.45, 2.75) is 45.4 Å². The predicted molar refractivity (Wildman–Crippen MR) is 89.8 cm³/mol. The molecule has 2 heterocycles. The van der Waals surface area contributed by atoms with Crippen molar-refractivity contribution in [3.8, 4) is 0 Å². The molecule has 2 rings (SSSR count). The Morgan fingerprint density at radius 1 is 1.10 bits per heavy atom. The number of rotatable bonds is 9. The summed E-state index contributed by atoms with van der Waals surface area (Å²) in [5.74, 6) is 0.371. The summed E-state index contributed by atoms with van der Waals surface area (Å²) < 4.78 is 0. The Kier molecular flexibility index (Phi) is 6.90. The molecule has 3 heteroatoms. The van der Waals surface area contributed by atoms with Crippen LogP contribution in [-0.4, -0.2) is 16.7 Å². The molecule has 0 aliphatic rings. The first-order chi connectivity index (χ1) is 10.3. The Bertz CT molecular complexity index is 509. The van der Waals surface area contributed by atoms with Crippen molar-refractivity contribution in [2.75, 3.05) is 6.61 Å². The van der Waals surface area contributed by atoms with Crippen molar-refractivity contribution >= 4 is 11.3 Å². The summed E-state index contributed by atoms with van der Waals surface area (Å²) in [6, 6.07) is 8.64. The lowest BCUT2D eigenvalue weighted by atomic mass is 10.1. The van der Waals surface area contributed by atoms with Crippen LogP contribution in [-0.2, 0) is 19.3 Å². The lowest BCUT2D eigenvalue weighted by molar-refractivity contribution is 0.237. The number of unbranched alkanes of at least 4 members (excludes halogenated alkanes) is 2. The molecular formula is C18H25NOS. The molecule has 2 aromatic rings. The molecule has 0 saturated heterocycles. The van der Waals surface area contributed by atoms with E-state index >= 15 is 0 Å². The molecule has 2 aromatic heterocycles. The molecule has 0 bridgehead atoms. The summed E-state index contributed by atoms with van der Waals surface area (Å²) in [4.78, 5) is 7.04. The van der Waals surface area contributed by atoms with Crippen molar-refractivity contribution in [1.29, 1.82) is 0 Å². The molecule has 114 valence electrons. The largest absolute Gasteiger partial charge is 0.396 e. The van der Waals surface area contributed by atoms with Crippen molar-refractivity contribution in [3.05, 3.63) is 52.0 Å². The van der Waals surface area contributed by atoms with E-state index in [9.17, 15) is 0 Å². The van der Waals surface area contributed by atoms with E-state index < -0.39 is 0 Å². The molecule has 2 nitrogen and oxygen atoms in total. The molecule has 0 amide bonds. The van der Waals surface area contributed by atoms with Crippen molar-refractivity contribution in [2.24, 2.45) is 5.92 Å². The molecule has 0 aromatic carbocycles. The van der Waals surface area contributed by atoms with Crippen LogP contribution >= 0.6 is 11.3 Å². The van der Waals surface area contributed by atoms with Crippen LogP contribution in [0.3, 0.4) is 0 Å². The van der Waals surface area contributed by atoms with Gasteiger partial charge in [0.2, 0.25) is 0 Å². The number of pyridine rings is 1. The van der Waals surface area contributed by atoms with Crippen LogP contribution in [0.25, 0.3) is 0 Å². The minimum absolute atomic E-state index is 0.279. The van der Waals surface area contributed by atoms with Gasteiger partial charge in [0.15, 0.2) is 0 Å². The Labute approximate surface area is 131 Å². The molecule has 0 spiro atoms. The summed E-state index contributed by atoms with van der Waals surface area (Å²) in [6.45, 7) is 2.37. The maximum absolute atomic E-state index is 9.10. The topological polar surface area (TPSA) is 33.1 Å². The van der Waals surface area contributed by atoms with Gasteiger partial charge in [-0.15, -0.1) is 11.3 Å². The van der Waals surface area contributed by atoms with Gasteiger partial charge in [-0.05, 0) is 61.8 Å². The highest BCUT2D eigenvalue weighted by molar-refractivity contribution is 7.11. The first-order valence-electron chi connectivity index (χ1n) is 7.85. The van der Waals surface area contributed by atoms with Crippen LogP contribution in [0, 0.1) is 5.92 Å². The third-order valence-electron chi connectivity index (χ3n) is 3.69. The van der Waals surface area contributed by atoms with Crippen LogP contribution in [0.2, 0.25) is 0 Å². The minimum Gasteiger partial charge on any atom is -0.396 e. The fourth-order valence-electron chi connectivity index (χ4n) is 2.43. The molecule has 1 N–H and O–H groups in total. The molecule has 0 saturated carbocycles. The Balaban J connectivity index is 1.62. The third kappa shape index (κ3) is 5.98. The Morgan fingerprint density at radius 3 is 2.67 bits per heavy atom. The van der Waals surface area contributed by atoms with Gasteiger partial charge in [0.25, 0.3) is 0 Å². The van der Waals surface area contributed by atoms with E-state index in [0.29, 0.717) is 5.92 Å². The van der Waals surface area contributed by atoms with Crippen LogP contribution in [0.4, 0.5) is 0 Å². The van der Waals surface area contributed by atoms with Crippen molar-refractivity contribution < 1.29 is 5.11 Å². The number of hydrogen-bond acceptors (Lipinski definition) is 3. The van der Waals surface area contributed by atoms with Gasteiger partial charge in [-0.25, -0.2) is 0 Å². The first-order valence-corrected chi connectivity index (χ1v) is 8.67. The van der Waals surface area contributed by atoms with E-state index in [0.717, 1.165) is 12.8 Å². The lowest BCUT2D eigenvalue weighted by Gasteiger charge is -2.04. The number of aromatic nitrogens is 1. The monoisotopic (exact) mass is 303 g/mol. The fourth-order valence-corrected chi connectivity index (χ4v) is 3.65. The highest BCUT2D eigenvalue weighted by Gasteiger charge is 2.05. The van der Waals surface area contributed by atoms with E-state index in [1.807, 2.05) is 29.8 Å². The lowest BCUT2D eigenvalue weighted by Crippen LogP contribution is -2.02. The smallest absolute Gasteiger partial charge is 0.0460 e. The molecular weight excluding hydrogens is 278 g/mol. The fraction of sp³-hybridized carbons (Fsp3) is 0.500. The van der Waals surface area contributed by atoms with Crippen molar-refractivity contribution in [1.82, 2.24) is 4.98 Å².